The highest BCUT2D eigenvalue weighted by molar-refractivity contribution is 7.14. The molecule has 2 aliphatic rings. The lowest BCUT2D eigenvalue weighted by atomic mass is 9.87. The van der Waals surface area contributed by atoms with E-state index in [1.165, 1.54) is 28.2 Å². The molecule has 0 unspecified atom stereocenters. The minimum absolute atomic E-state index is 0.390. The third-order valence-electron chi connectivity index (χ3n) is 5.57. The summed E-state index contributed by atoms with van der Waals surface area (Å²) in [6.45, 7) is 1.84. The van der Waals surface area contributed by atoms with Gasteiger partial charge >= 0.3 is 6.03 Å². The number of fused-ring (bicyclic) bond motifs is 1. The van der Waals surface area contributed by atoms with Crippen LogP contribution in [-0.4, -0.2) is 22.9 Å². The van der Waals surface area contributed by atoms with Crippen LogP contribution in [-0.2, 0) is 23.2 Å². The molecular weight excluding hydrogens is 374 g/mol. The Balaban J connectivity index is 1.56. The first-order valence-electron chi connectivity index (χ1n) is 9.70. The van der Waals surface area contributed by atoms with Crippen molar-refractivity contribution in [3.63, 3.8) is 0 Å². The van der Waals surface area contributed by atoms with Crippen molar-refractivity contribution in [3.8, 4) is 0 Å². The van der Waals surface area contributed by atoms with Crippen molar-refractivity contribution in [3.05, 3.63) is 57.3 Å². The van der Waals surface area contributed by atoms with Gasteiger partial charge < -0.3 is 5.32 Å². The Morgan fingerprint density at radius 1 is 1.18 bits per heavy atom. The number of aryl methyl sites for hydroxylation is 2. The van der Waals surface area contributed by atoms with E-state index >= 15 is 0 Å². The fourth-order valence-electron chi connectivity index (χ4n) is 3.97. The smallest absolute Gasteiger partial charge is 0.318 e. The predicted molar refractivity (Wildman–Crippen MR) is 107 cm³/mol. The minimum Gasteiger partial charge on any atom is -0.318 e. The van der Waals surface area contributed by atoms with Crippen molar-refractivity contribution in [1.29, 1.82) is 0 Å². The normalized spacial score (nSPS) is 21.8. The minimum atomic E-state index is -1.15. The molecule has 2 aromatic rings. The molecule has 28 heavy (non-hydrogen) atoms. The molecule has 0 bridgehead atoms. The monoisotopic (exact) mass is 397 g/mol. The standard InChI is InChI=1S/C21H23N3O3S/c1-2-21(15-10-6-4-7-11-15)19(26)24(20(27)22-21)23-18(25)17-13-14-9-5-3-8-12-16(14)28-17/h4,6-7,10-11,13H,2-3,5,8-9,12H2,1H3,(H,22,27)(H,23,25)/t21-/m1/s1. The molecule has 1 atom stereocenters. The summed E-state index contributed by atoms with van der Waals surface area (Å²) < 4.78 is 0. The second kappa shape index (κ2) is 7.39. The maximum atomic E-state index is 13.1. The SMILES string of the molecule is CC[C@]1(c2ccccc2)NC(=O)N(NC(=O)c2cc3c(s2)CCCCC3)C1=O. The molecule has 1 aromatic heterocycles. The maximum Gasteiger partial charge on any atom is 0.344 e. The van der Waals surface area contributed by atoms with Gasteiger partial charge in [-0.25, -0.2) is 4.79 Å². The highest BCUT2D eigenvalue weighted by atomic mass is 32.1. The van der Waals surface area contributed by atoms with Gasteiger partial charge in [0.05, 0.1) is 4.88 Å². The van der Waals surface area contributed by atoms with E-state index in [0.717, 1.165) is 30.7 Å². The Labute approximate surface area is 167 Å². The Bertz CT molecular complexity index is 901. The number of urea groups is 1. The van der Waals surface area contributed by atoms with Crippen molar-refractivity contribution >= 4 is 29.2 Å². The summed E-state index contributed by atoms with van der Waals surface area (Å²) in [6.07, 6.45) is 5.84. The zero-order chi connectivity index (χ0) is 19.7. The molecule has 1 aromatic carbocycles. The van der Waals surface area contributed by atoms with Crippen LogP contribution in [0.4, 0.5) is 4.79 Å². The Hall–Kier alpha value is -2.67. The first kappa shape index (κ1) is 18.7. The predicted octanol–water partition coefficient (Wildman–Crippen LogP) is 3.52. The third-order valence-corrected chi connectivity index (χ3v) is 6.81. The zero-order valence-corrected chi connectivity index (χ0v) is 16.6. The summed E-state index contributed by atoms with van der Waals surface area (Å²) in [4.78, 5) is 40.2. The van der Waals surface area contributed by atoms with Crippen LogP contribution in [0.2, 0.25) is 0 Å². The van der Waals surface area contributed by atoms with Gasteiger partial charge in [0.2, 0.25) is 0 Å². The van der Waals surface area contributed by atoms with Crippen molar-refractivity contribution < 1.29 is 14.4 Å². The van der Waals surface area contributed by atoms with E-state index in [0.29, 0.717) is 16.9 Å². The molecule has 4 amide bonds. The van der Waals surface area contributed by atoms with Gasteiger partial charge in [-0.15, -0.1) is 11.3 Å². The molecule has 1 fully saturated rings. The van der Waals surface area contributed by atoms with Crippen LogP contribution in [0.15, 0.2) is 36.4 Å². The molecular formula is C21H23N3O3S. The summed E-state index contributed by atoms with van der Waals surface area (Å²) in [5.41, 5.74) is 3.29. The van der Waals surface area contributed by atoms with Gasteiger partial charge in [0.25, 0.3) is 11.8 Å². The molecule has 1 saturated heterocycles. The van der Waals surface area contributed by atoms with Crippen molar-refractivity contribution in [2.75, 3.05) is 0 Å². The second-order valence-corrected chi connectivity index (χ2v) is 8.39. The fourth-order valence-corrected chi connectivity index (χ4v) is 5.12. The molecule has 6 nitrogen and oxygen atoms in total. The molecule has 146 valence electrons. The zero-order valence-electron chi connectivity index (χ0n) is 15.8. The Morgan fingerprint density at radius 3 is 2.68 bits per heavy atom. The molecule has 0 radical (unpaired) electrons. The van der Waals surface area contributed by atoms with E-state index in [9.17, 15) is 14.4 Å². The highest BCUT2D eigenvalue weighted by Crippen LogP contribution is 2.32. The van der Waals surface area contributed by atoms with Crippen LogP contribution in [0.5, 0.6) is 0 Å². The number of benzene rings is 1. The van der Waals surface area contributed by atoms with Crippen molar-refractivity contribution in [2.45, 2.75) is 51.0 Å². The molecule has 2 heterocycles. The van der Waals surface area contributed by atoms with E-state index in [1.54, 1.807) is 0 Å². The molecule has 2 N–H and O–H groups in total. The number of imide groups is 1. The average molecular weight is 398 g/mol. The quantitative estimate of drug-likeness (QED) is 0.612. The number of hydrogen-bond donors (Lipinski definition) is 2. The first-order valence-corrected chi connectivity index (χ1v) is 10.5. The van der Waals surface area contributed by atoms with Crippen LogP contribution < -0.4 is 10.7 Å². The van der Waals surface area contributed by atoms with E-state index in [4.69, 9.17) is 0 Å². The number of carbonyl (C=O) groups is 3. The number of carbonyl (C=O) groups excluding carboxylic acids is 3. The van der Waals surface area contributed by atoms with Crippen LogP contribution in [0.3, 0.4) is 0 Å². The molecule has 1 aliphatic carbocycles. The van der Waals surface area contributed by atoms with E-state index in [2.05, 4.69) is 10.7 Å². The summed E-state index contributed by atoms with van der Waals surface area (Å²) >= 11 is 1.46. The largest absolute Gasteiger partial charge is 0.344 e. The van der Waals surface area contributed by atoms with E-state index in [1.807, 2.05) is 43.3 Å². The number of nitrogens with one attached hydrogen (secondary N) is 2. The third kappa shape index (κ3) is 3.09. The number of hydrazine groups is 1. The van der Waals surface area contributed by atoms with Crippen molar-refractivity contribution in [2.24, 2.45) is 0 Å². The second-order valence-electron chi connectivity index (χ2n) is 7.26. The van der Waals surface area contributed by atoms with Gasteiger partial charge in [-0.3, -0.25) is 15.0 Å². The van der Waals surface area contributed by atoms with Gasteiger partial charge in [-0.2, -0.15) is 5.01 Å². The number of thiophene rings is 1. The molecule has 7 heteroatoms. The van der Waals surface area contributed by atoms with Crippen LogP contribution >= 0.6 is 11.3 Å². The lowest BCUT2D eigenvalue weighted by Crippen LogP contribution is -2.48. The number of rotatable bonds is 4. The Morgan fingerprint density at radius 2 is 1.93 bits per heavy atom. The average Bonchev–Trinajstić information content (AvgIpc) is 3.13. The van der Waals surface area contributed by atoms with Gasteiger partial charge in [0, 0.05) is 4.88 Å². The summed E-state index contributed by atoms with van der Waals surface area (Å²) in [6, 6.07) is 10.4. The van der Waals surface area contributed by atoms with E-state index < -0.39 is 23.4 Å². The number of amides is 4. The van der Waals surface area contributed by atoms with Gasteiger partial charge in [0.15, 0.2) is 0 Å². The molecule has 1 aliphatic heterocycles. The van der Waals surface area contributed by atoms with E-state index in [-0.39, 0.29) is 0 Å². The van der Waals surface area contributed by atoms with Crippen LogP contribution in [0.25, 0.3) is 0 Å². The fraction of sp³-hybridized carbons (Fsp3) is 0.381. The van der Waals surface area contributed by atoms with Crippen LogP contribution in [0, 0.1) is 0 Å². The Kier molecular flexibility index (Phi) is 4.93. The lowest BCUT2D eigenvalue weighted by Gasteiger charge is -2.25. The molecule has 0 spiro atoms. The highest BCUT2D eigenvalue weighted by Gasteiger charge is 2.52. The summed E-state index contributed by atoms with van der Waals surface area (Å²) in [5, 5.41) is 3.60. The van der Waals surface area contributed by atoms with Gasteiger partial charge in [-0.05, 0) is 49.3 Å². The summed E-state index contributed by atoms with van der Waals surface area (Å²) in [7, 11) is 0. The van der Waals surface area contributed by atoms with Crippen molar-refractivity contribution in [1.82, 2.24) is 15.8 Å². The van der Waals surface area contributed by atoms with Gasteiger partial charge in [0.1, 0.15) is 5.54 Å². The summed E-state index contributed by atoms with van der Waals surface area (Å²) in [5.74, 6) is -0.876. The van der Waals surface area contributed by atoms with Gasteiger partial charge in [-0.1, -0.05) is 43.7 Å². The maximum absolute atomic E-state index is 13.1. The topological polar surface area (TPSA) is 78.5 Å². The van der Waals surface area contributed by atoms with Crippen LogP contribution in [0.1, 0.15) is 58.3 Å². The molecule has 4 rings (SSSR count). The lowest BCUT2D eigenvalue weighted by molar-refractivity contribution is -0.133. The first-order chi connectivity index (χ1) is 13.5. The number of nitrogens with zero attached hydrogens (tertiary/aromatic N) is 1. The molecule has 0 saturated carbocycles. The number of hydrogen-bond acceptors (Lipinski definition) is 4.